The molecule has 138 valence electrons. The fourth-order valence-corrected chi connectivity index (χ4v) is 3.34. The number of hydrogen-bond donors (Lipinski definition) is 1. The van der Waals surface area contributed by atoms with Gasteiger partial charge in [0.25, 0.3) is 5.91 Å². The van der Waals surface area contributed by atoms with Crippen molar-refractivity contribution in [1.29, 1.82) is 0 Å². The van der Waals surface area contributed by atoms with Crippen LogP contribution in [0.3, 0.4) is 0 Å². The van der Waals surface area contributed by atoms with E-state index in [0.29, 0.717) is 43.7 Å². The van der Waals surface area contributed by atoms with E-state index in [1.54, 1.807) is 4.68 Å². The molecule has 1 N–H and O–H groups in total. The lowest BCUT2D eigenvalue weighted by atomic mass is 9.92. The van der Waals surface area contributed by atoms with Gasteiger partial charge in [-0.05, 0) is 51.0 Å². The minimum Gasteiger partial charge on any atom is -0.467 e. The van der Waals surface area contributed by atoms with Crippen molar-refractivity contribution in [2.75, 3.05) is 20.3 Å². The van der Waals surface area contributed by atoms with Crippen LogP contribution in [-0.2, 0) is 20.8 Å². The summed E-state index contributed by atoms with van der Waals surface area (Å²) in [5.41, 5.74) is 1.50. The van der Waals surface area contributed by atoms with Crippen LogP contribution in [0.4, 0.5) is 0 Å². The van der Waals surface area contributed by atoms with Gasteiger partial charge in [-0.1, -0.05) is 0 Å². The second-order valence-electron chi connectivity index (χ2n) is 6.89. The van der Waals surface area contributed by atoms with E-state index < -0.39 is 12.0 Å². The smallest absolute Gasteiger partial charge is 0.328 e. The molecule has 2 aliphatic rings. The number of hydrogen-bond acceptors (Lipinski definition) is 5. The van der Waals surface area contributed by atoms with E-state index in [2.05, 4.69) is 10.4 Å². The molecule has 2 fully saturated rings. The van der Waals surface area contributed by atoms with Crippen LogP contribution in [0.25, 0.3) is 0 Å². The average molecular weight is 349 g/mol. The topological polar surface area (TPSA) is 82.5 Å². The van der Waals surface area contributed by atoms with Crippen molar-refractivity contribution in [3.8, 4) is 0 Å². The highest BCUT2D eigenvalue weighted by molar-refractivity contribution is 5.95. The van der Waals surface area contributed by atoms with Gasteiger partial charge in [-0.3, -0.25) is 9.48 Å². The Bertz CT molecular complexity index is 618. The molecule has 7 heteroatoms. The molecule has 2 heterocycles. The van der Waals surface area contributed by atoms with Gasteiger partial charge >= 0.3 is 5.97 Å². The Morgan fingerprint density at radius 2 is 2.08 bits per heavy atom. The monoisotopic (exact) mass is 349 g/mol. The molecular weight excluding hydrogens is 322 g/mol. The SMILES string of the molecule is CCn1nc(C2CC2)cc1C(=O)NC(CC1CCOCC1)C(=O)OC. The number of methoxy groups -OCH3 is 1. The molecule has 1 aromatic heterocycles. The number of esters is 1. The van der Waals surface area contributed by atoms with Crippen LogP contribution in [0, 0.1) is 5.92 Å². The van der Waals surface area contributed by atoms with E-state index in [9.17, 15) is 9.59 Å². The highest BCUT2D eigenvalue weighted by Crippen LogP contribution is 2.39. The largest absolute Gasteiger partial charge is 0.467 e. The van der Waals surface area contributed by atoms with Crippen molar-refractivity contribution >= 4 is 11.9 Å². The second-order valence-corrected chi connectivity index (χ2v) is 6.89. The van der Waals surface area contributed by atoms with Crippen LogP contribution in [0.15, 0.2) is 6.07 Å². The molecule has 1 saturated carbocycles. The highest BCUT2D eigenvalue weighted by atomic mass is 16.5. The maximum Gasteiger partial charge on any atom is 0.328 e. The zero-order valence-corrected chi connectivity index (χ0v) is 15.0. The van der Waals surface area contributed by atoms with Gasteiger partial charge in [0.15, 0.2) is 0 Å². The Balaban J connectivity index is 1.69. The summed E-state index contributed by atoms with van der Waals surface area (Å²) in [7, 11) is 1.35. The van der Waals surface area contributed by atoms with Crippen molar-refractivity contribution in [3.63, 3.8) is 0 Å². The van der Waals surface area contributed by atoms with Crippen molar-refractivity contribution in [1.82, 2.24) is 15.1 Å². The van der Waals surface area contributed by atoms with E-state index in [4.69, 9.17) is 9.47 Å². The number of nitrogens with zero attached hydrogens (tertiary/aromatic N) is 2. The lowest BCUT2D eigenvalue weighted by Gasteiger charge is -2.26. The predicted octanol–water partition coefficient (Wildman–Crippen LogP) is 1.87. The zero-order valence-electron chi connectivity index (χ0n) is 15.0. The fourth-order valence-electron chi connectivity index (χ4n) is 3.34. The first kappa shape index (κ1) is 17.9. The van der Waals surface area contributed by atoms with E-state index in [1.165, 1.54) is 7.11 Å². The molecule has 1 unspecified atom stereocenters. The van der Waals surface area contributed by atoms with Crippen molar-refractivity contribution in [2.24, 2.45) is 5.92 Å². The Hall–Kier alpha value is -1.89. The third-order valence-corrected chi connectivity index (χ3v) is 5.03. The molecule has 3 rings (SSSR count). The summed E-state index contributed by atoms with van der Waals surface area (Å²) in [4.78, 5) is 24.9. The zero-order chi connectivity index (χ0) is 17.8. The predicted molar refractivity (Wildman–Crippen MR) is 91.3 cm³/mol. The molecule has 0 spiro atoms. The molecule has 1 atom stereocenters. The van der Waals surface area contributed by atoms with Crippen LogP contribution >= 0.6 is 0 Å². The number of rotatable bonds is 7. The van der Waals surface area contributed by atoms with Crippen LogP contribution in [-0.4, -0.2) is 48.0 Å². The first-order chi connectivity index (χ1) is 12.1. The van der Waals surface area contributed by atoms with Gasteiger partial charge in [0.1, 0.15) is 11.7 Å². The number of amides is 1. The Kier molecular flexibility index (Phi) is 5.73. The summed E-state index contributed by atoms with van der Waals surface area (Å²) in [6.45, 7) is 4.00. The van der Waals surface area contributed by atoms with Gasteiger partial charge in [0.05, 0.1) is 12.8 Å². The number of nitrogens with one attached hydrogen (secondary N) is 1. The van der Waals surface area contributed by atoms with Gasteiger partial charge in [-0.25, -0.2) is 4.79 Å². The first-order valence-electron chi connectivity index (χ1n) is 9.16. The van der Waals surface area contributed by atoms with Crippen LogP contribution < -0.4 is 5.32 Å². The second kappa shape index (κ2) is 7.99. The summed E-state index contributed by atoms with van der Waals surface area (Å²) < 4.78 is 12.0. The number of carbonyl (C=O) groups excluding carboxylic acids is 2. The molecule has 1 amide bonds. The Morgan fingerprint density at radius 1 is 1.36 bits per heavy atom. The average Bonchev–Trinajstić information content (AvgIpc) is 3.40. The van der Waals surface area contributed by atoms with Crippen molar-refractivity contribution < 1.29 is 19.1 Å². The lowest BCUT2D eigenvalue weighted by Crippen LogP contribution is -2.44. The molecular formula is C18H27N3O4. The summed E-state index contributed by atoms with van der Waals surface area (Å²) in [6, 6.07) is 1.23. The Morgan fingerprint density at radius 3 is 2.68 bits per heavy atom. The maximum absolute atomic E-state index is 12.7. The number of ether oxygens (including phenoxy) is 2. The molecule has 0 aromatic carbocycles. The lowest BCUT2D eigenvalue weighted by molar-refractivity contribution is -0.143. The summed E-state index contributed by atoms with van der Waals surface area (Å²) in [6.07, 6.45) is 4.66. The van der Waals surface area contributed by atoms with Gasteiger partial charge in [0, 0.05) is 25.7 Å². The van der Waals surface area contributed by atoms with Gasteiger partial charge in [0.2, 0.25) is 0 Å². The molecule has 1 aliphatic carbocycles. The maximum atomic E-state index is 12.7. The molecule has 1 aliphatic heterocycles. The normalized spacial score (nSPS) is 19.4. The number of aryl methyl sites for hydroxylation is 1. The van der Waals surface area contributed by atoms with E-state index in [0.717, 1.165) is 31.4 Å². The van der Waals surface area contributed by atoms with Crippen LogP contribution in [0.5, 0.6) is 0 Å². The van der Waals surface area contributed by atoms with Crippen molar-refractivity contribution in [3.05, 3.63) is 17.5 Å². The van der Waals surface area contributed by atoms with E-state index >= 15 is 0 Å². The van der Waals surface area contributed by atoms with E-state index in [1.807, 2.05) is 13.0 Å². The summed E-state index contributed by atoms with van der Waals surface area (Å²) in [5.74, 6) is 0.183. The quantitative estimate of drug-likeness (QED) is 0.760. The van der Waals surface area contributed by atoms with E-state index in [-0.39, 0.29) is 5.91 Å². The third-order valence-electron chi connectivity index (χ3n) is 5.03. The first-order valence-corrected chi connectivity index (χ1v) is 9.16. The Labute approximate surface area is 148 Å². The highest BCUT2D eigenvalue weighted by Gasteiger charge is 2.31. The molecule has 1 aromatic rings. The summed E-state index contributed by atoms with van der Waals surface area (Å²) >= 11 is 0. The molecule has 0 bridgehead atoms. The standard InChI is InChI=1S/C18H27N3O4/c1-3-21-16(11-14(20-21)13-4-5-13)17(22)19-15(18(23)24-2)10-12-6-8-25-9-7-12/h11-13,15H,3-10H2,1-2H3,(H,19,22). The number of carbonyl (C=O) groups is 2. The molecule has 7 nitrogen and oxygen atoms in total. The number of aromatic nitrogens is 2. The van der Waals surface area contributed by atoms with Gasteiger partial charge < -0.3 is 14.8 Å². The minimum absolute atomic E-state index is 0.260. The van der Waals surface area contributed by atoms with Crippen LogP contribution in [0.2, 0.25) is 0 Å². The molecule has 25 heavy (non-hydrogen) atoms. The van der Waals surface area contributed by atoms with Gasteiger partial charge in [-0.2, -0.15) is 5.10 Å². The molecule has 1 saturated heterocycles. The summed E-state index contributed by atoms with van der Waals surface area (Å²) in [5, 5.41) is 7.39. The van der Waals surface area contributed by atoms with Crippen LogP contribution in [0.1, 0.15) is 61.1 Å². The van der Waals surface area contributed by atoms with Gasteiger partial charge in [-0.15, -0.1) is 0 Å². The van der Waals surface area contributed by atoms with Crippen molar-refractivity contribution in [2.45, 2.75) is 57.5 Å². The molecule has 0 radical (unpaired) electrons. The third kappa shape index (κ3) is 4.39. The minimum atomic E-state index is -0.634. The fraction of sp³-hybridized carbons (Fsp3) is 0.722.